The zero-order chi connectivity index (χ0) is 12.3. The van der Waals surface area contributed by atoms with Crippen molar-refractivity contribution in [3.63, 3.8) is 0 Å². The Hall–Kier alpha value is -1.13. The van der Waals surface area contributed by atoms with Gasteiger partial charge in [-0.2, -0.15) is 0 Å². The van der Waals surface area contributed by atoms with Crippen LogP contribution < -0.4 is 10.6 Å². The number of hydrogen-bond acceptors (Lipinski definition) is 2. The Kier molecular flexibility index (Phi) is 3.97. The lowest BCUT2D eigenvalue weighted by Gasteiger charge is -2.22. The van der Waals surface area contributed by atoms with E-state index < -0.39 is 5.82 Å². The van der Waals surface area contributed by atoms with Crippen LogP contribution in [0.25, 0.3) is 0 Å². The van der Waals surface area contributed by atoms with Gasteiger partial charge in [0.15, 0.2) is 0 Å². The number of rotatable bonds is 2. The second-order valence-corrected chi connectivity index (χ2v) is 4.52. The van der Waals surface area contributed by atoms with E-state index in [4.69, 9.17) is 11.6 Å². The molecule has 0 aromatic heterocycles. The Labute approximate surface area is 104 Å². The van der Waals surface area contributed by atoms with Crippen LogP contribution in [0.5, 0.6) is 0 Å². The predicted octanol–water partition coefficient (Wildman–Crippen LogP) is 2.56. The quantitative estimate of drug-likeness (QED) is 0.854. The number of hydrogen-bond donors (Lipinski definition) is 2. The fourth-order valence-corrected chi connectivity index (χ4v) is 2.05. The van der Waals surface area contributed by atoms with Crippen molar-refractivity contribution in [2.24, 2.45) is 0 Å². The molecule has 0 spiro atoms. The second kappa shape index (κ2) is 5.47. The minimum Gasteiger partial charge on any atom is -0.323 e. The fourth-order valence-electron chi connectivity index (χ4n) is 1.89. The van der Waals surface area contributed by atoms with E-state index in [2.05, 4.69) is 10.6 Å². The van der Waals surface area contributed by atoms with Gasteiger partial charge in [0, 0.05) is 0 Å². The summed E-state index contributed by atoms with van der Waals surface area (Å²) >= 11 is 5.88. The second-order valence-electron chi connectivity index (χ2n) is 4.12. The van der Waals surface area contributed by atoms with Crippen molar-refractivity contribution < 1.29 is 9.18 Å². The van der Waals surface area contributed by atoms with Gasteiger partial charge < -0.3 is 10.6 Å². The molecule has 92 valence electrons. The maximum atomic E-state index is 13.0. The van der Waals surface area contributed by atoms with Gasteiger partial charge in [0.2, 0.25) is 5.91 Å². The summed E-state index contributed by atoms with van der Waals surface area (Å²) < 4.78 is 13.0. The number of halogens is 2. The third-order valence-corrected chi connectivity index (χ3v) is 3.14. The molecular weight excluding hydrogens is 243 g/mol. The first-order chi connectivity index (χ1) is 8.16. The Morgan fingerprint density at radius 1 is 1.47 bits per heavy atom. The summed E-state index contributed by atoms with van der Waals surface area (Å²) in [6, 6.07) is 3.71. The number of nitrogens with one attached hydrogen (secondary N) is 2. The van der Waals surface area contributed by atoms with Crippen LogP contribution in [-0.4, -0.2) is 18.5 Å². The van der Waals surface area contributed by atoms with Crippen molar-refractivity contribution in [2.75, 3.05) is 11.9 Å². The lowest BCUT2D eigenvalue weighted by molar-refractivity contribution is -0.118. The summed E-state index contributed by atoms with van der Waals surface area (Å²) in [4.78, 5) is 11.9. The van der Waals surface area contributed by atoms with Crippen LogP contribution in [0.3, 0.4) is 0 Å². The van der Waals surface area contributed by atoms with Crippen molar-refractivity contribution in [2.45, 2.75) is 25.3 Å². The molecule has 0 radical (unpaired) electrons. The van der Waals surface area contributed by atoms with E-state index in [0.29, 0.717) is 10.7 Å². The van der Waals surface area contributed by atoms with Gasteiger partial charge in [0.1, 0.15) is 5.82 Å². The highest BCUT2D eigenvalue weighted by molar-refractivity contribution is 6.33. The molecule has 17 heavy (non-hydrogen) atoms. The first-order valence-electron chi connectivity index (χ1n) is 5.66. The van der Waals surface area contributed by atoms with Gasteiger partial charge in [-0.1, -0.05) is 18.0 Å². The lowest BCUT2D eigenvalue weighted by Crippen LogP contribution is -2.43. The van der Waals surface area contributed by atoms with Crippen LogP contribution in [0.1, 0.15) is 19.3 Å². The number of anilines is 1. The van der Waals surface area contributed by atoms with Gasteiger partial charge in [-0.25, -0.2) is 4.39 Å². The molecule has 1 fully saturated rings. The highest BCUT2D eigenvalue weighted by Crippen LogP contribution is 2.23. The van der Waals surface area contributed by atoms with Crippen molar-refractivity contribution in [1.29, 1.82) is 0 Å². The topological polar surface area (TPSA) is 41.1 Å². The minimum absolute atomic E-state index is 0.155. The summed E-state index contributed by atoms with van der Waals surface area (Å²) in [5.41, 5.74) is 0.323. The molecule has 1 aliphatic heterocycles. The van der Waals surface area contributed by atoms with E-state index in [1.807, 2.05) is 0 Å². The highest BCUT2D eigenvalue weighted by atomic mass is 35.5. The molecule has 0 bridgehead atoms. The largest absolute Gasteiger partial charge is 0.323 e. The van der Waals surface area contributed by atoms with E-state index in [1.54, 1.807) is 0 Å². The minimum atomic E-state index is -0.415. The Morgan fingerprint density at radius 3 is 3.00 bits per heavy atom. The fraction of sp³-hybridized carbons (Fsp3) is 0.417. The number of amides is 1. The Bertz CT molecular complexity index is 419. The maximum Gasteiger partial charge on any atom is 0.241 e. The number of benzene rings is 1. The number of piperidine rings is 1. The van der Waals surface area contributed by atoms with Gasteiger partial charge in [-0.3, -0.25) is 4.79 Å². The van der Waals surface area contributed by atoms with E-state index >= 15 is 0 Å². The Morgan fingerprint density at radius 2 is 2.29 bits per heavy atom. The van der Waals surface area contributed by atoms with Crippen LogP contribution in [0.4, 0.5) is 10.1 Å². The van der Waals surface area contributed by atoms with Crippen LogP contribution in [0.15, 0.2) is 18.2 Å². The molecule has 0 aliphatic carbocycles. The average Bonchev–Trinajstić information content (AvgIpc) is 2.35. The average molecular weight is 257 g/mol. The van der Waals surface area contributed by atoms with Gasteiger partial charge in [-0.15, -0.1) is 0 Å². The summed E-state index contributed by atoms with van der Waals surface area (Å²) in [6.07, 6.45) is 2.92. The first-order valence-corrected chi connectivity index (χ1v) is 6.04. The highest BCUT2D eigenvalue weighted by Gasteiger charge is 2.21. The summed E-state index contributed by atoms with van der Waals surface area (Å²) in [7, 11) is 0. The van der Waals surface area contributed by atoms with Crippen molar-refractivity contribution in [3.8, 4) is 0 Å². The van der Waals surface area contributed by atoms with Gasteiger partial charge >= 0.3 is 0 Å². The molecule has 3 nitrogen and oxygen atoms in total. The van der Waals surface area contributed by atoms with E-state index in [-0.39, 0.29) is 11.9 Å². The maximum absolute atomic E-state index is 13.0. The predicted molar refractivity (Wildman–Crippen MR) is 65.7 cm³/mol. The standard InChI is InChI=1S/C12H14ClFN2O/c13-9-5-4-8(14)7-11(9)16-12(17)10-3-1-2-6-15-10/h4-5,7,10,15H,1-3,6H2,(H,16,17). The molecule has 1 amide bonds. The Balaban J connectivity index is 2.04. The van der Waals surface area contributed by atoms with Gasteiger partial charge in [0.25, 0.3) is 0 Å². The van der Waals surface area contributed by atoms with Crippen molar-refractivity contribution in [1.82, 2.24) is 5.32 Å². The number of carbonyl (C=O) groups excluding carboxylic acids is 1. The molecule has 1 atom stereocenters. The molecule has 1 unspecified atom stereocenters. The first kappa shape index (κ1) is 12.3. The molecule has 1 aromatic carbocycles. The monoisotopic (exact) mass is 256 g/mol. The molecular formula is C12H14ClFN2O. The third kappa shape index (κ3) is 3.17. The summed E-state index contributed by atoms with van der Waals surface area (Å²) in [5, 5.41) is 6.11. The van der Waals surface area contributed by atoms with Crippen LogP contribution in [-0.2, 0) is 4.79 Å². The van der Waals surface area contributed by atoms with Crippen molar-refractivity contribution >= 4 is 23.2 Å². The molecule has 2 rings (SSSR count). The van der Waals surface area contributed by atoms with Crippen molar-refractivity contribution in [3.05, 3.63) is 29.0 Å². The molecule has 5 heteroatoms. The van der Waals surface area contributed by atoms with Crippen LogP contribution in [0, 0.1) is 5.82 Å². The molecule has 1 saturated heterocycles. The summed E-state index contributed by atoms with van der Waals surface area (Å²) in [6.45, 7) is 0.842. The SMILES string of the molecule is O=C(Nc1cc(F)ccc1Cl)C1CCCCN1. The smallest absolute Gasteiger partial charge is 0.241 e. The van der Waals surface area contributed by atoms with E-state index in [9.17, 15) is 9.18 Å². The molecule has 1 heterocycles. The van der Waals surface area contributed by atoms with E-state index in [1.165, 1.54) is 18.2 Å². The normalized spacial score (nSPS) is 20.0. The lowest BCUT2D eigenvalue weighted by atomic mass is 10.0. The number of carbonyl (C=O) groups is 1. The van der Waals surface area contributed by atoms with Gasteiger partial charge in [-0.05, 0) is 37.6 Å². The van der Waals surface area contributed by atoms with Crippen LogP contribution >= 0.6 is 11.6 Å². The third-order valence-electron chi connectivity index (χ3n) is 2.81. The molecule has 0 saturated carbocycles. The molecule has 2 N–H and O–H groups in total. The van der Waals surface area contributed by atoms with Crippen LogP contribution in [0.2, 0.25) is 5.02 Å². The van der Waals surface area contributed by atoms with E-state index in [0.717, 1.165) is 25.8 Å². The molecule has 1 aromatic rings. The molecule has 1 aliphatic rings. The zero-order valence-corrected chi connectivity index (χ0v) is 10.1. The summed E-state index contributed by atoms with van der Waals surface area (Å²) in [5.74, 6) is -0.571. The van der Waals surface area contributed by atoms with Gasteiger partial charge in [0.05, 0.1) is 16.8 Å². The zero-order valence-electron chi connectivity index (χ0n) is 9.30.